The molecule has 0 saturated carbocycles. The number of ether oxygens (including phenoxy) is 1. The Bertz CT molecular complexity index is 1060. The quantitative estimate of drug-likeness (QED) is 0.604. The van der Waals surface area contributed by atoms with Gasteiger partial charge in [-0.2, -0.15) is 0 Å². The van der Waals surface area contributed by atoms with Gasteiger partial charge in [-0.1, -0.05) is 66.7 Å². The van der Waals surface area contributed by atoms with Crippen LogP contribution >= 0.6 is 0 Å². The zero-order valence-electron chi connectivity index (χ0n) is 16.1. The Hall–Kier alpha value is -2.68. The minimum absolute atomic E-state index is 0.864. The van der Waals surface area contributed by atoms with E-state index in [9.17, 15) is 0 Å². The number of morpholine rings is 1. The summed E-state index contributed by atoms with van der Waals surface area (Å²) in [6.07, 6.45) is 5.80. The number of rotatable bonds is 4. The van der Waals surface area contributed by atoms with E-state index in [-0.39, 0.29) is 0 Å². The van der Waals surface area contributed by atoms with Crippen molar-refractivity contribution in [2.24, 2.45) is 0 Å². The van der Waals surface area contributed by atoms with Gasteiger partial charge in [0.05, 0.1) is 13.2 Å². The SMILES string of the molecule is C(=C1C=C(CCN2CCOCC2)c2ccccc21)c1ccc2ccccc2c1. The average molecular weight is 367 g/mol. The molecule has 1 heterocycles. The Kier molecular flexibility index (Phi) is 4.82. The normalized spacial score (nSPS) is 18.4. The Morgan fingerprint density at radius 3 is 2.43 bits per heavy atom. The van der Waals surface area contributed by atoms with E-state index in [1.165, 1.54) is 38.6 Å². The van der Waals surface area contributed by atoms with Gasteiger partial charge < -0.3 is 4.74 Å². The highest BCUT2D eigenvalue weighted by Gasteiger charge is 2.19. The summed E-state index contributed by atoms with van der Waals surface area (Å²) in [5, 5.41) is 2.58. The Morgan fingerprint density at radius 2 is 1.57 bits per heavy atom. The fourth-order valence-electron chi connectivity index (χ4n) is 4.26. The van der Waals surface area contributed by atoms with Crippen molar-refractivity contribution < 1.29 is 4.74 Å². The van der Waals surface area contributed by atoms with Crippen LogP contribution in [0.1, 0.15) is 23.1 Å². The molecular formula is C26H25NO. The monoisotopic (exact) mass is 367 g/mol. The molecule has 0 amide bonds. The van der Waals surface area contributed by atoms with Crippen molar-refractivity contribution in [2.75, 3.05) is 32.8 Å². The largest absolute Gasteiger partial charge is 0.379 e. The van der Waals surface area contributed by atoms with E-state index >= 15 is 0 Å². The summed E-state index contributed by atoms with van der Waals surface area (Å²) in [5.74, 6) is 0. The first-order chi connectivity index (χ1) is 13.9. The molecule has 140 valence electrons. The molecule has 1 aliphatic carbocycles. The minimum Gasteiger partial charge on any atom is -0.379 e. The summed E-state index contributed by atoms with van der Waals surface area (Å²) in [6.45, 7) is 4.93. The number of hydrogen-bond acceptors (Lipinski definition) is 2. The predicted molar refractivity (Wildman–Crippen MR) is 118 cm³/mol. The number of nitrogens with zero attached hydrogens (tertiary/aromatic N) is 1. The maximum atomic E-state index is 5.48. The molecule has 2 heteroatoms. The van der Waals surface area contributed by atoms with Gasteiger partial charge in [-0.3, -0.25) is 4.90 Å². The molecule has 0 N–H and O–H groups in total. The molecule has 1 fully saturated rings. The molecule has 2 nitrogen and oxygen atoms in total. The lowest BCUT2D eigenvalue weighted by Gasteiger charge is -2.26. The molecule has 0 aromatic heterocycles. The van der Waals surface area contributed by atoms with Gasteiger partial charge in [0.2, 0.25) is 0 Å². The van der Waals surface area contributed by atoms with Crippen LogP contribution in [0.15, 0.2) is 72.8 Å². The molecule has 28 heavy (non-hydrogen) atoms. The molecule has 0 atom stereocenters. The van der Waals surface area contributed by atoms with Crippen LogP contribution < -0.4 is 0 Å². The first-order valence-electron chi connectivity index (χ1n) is 10.2. The zero-order chi connectivity index (χ0) is 18.8. The molecule has 2 aliphatic rings. The van der Waals surface area contributed by atoms with E-state index < -0.39 is 0 Å². The second-order valence-electron chi connectivity index (χ2n) is 7.63. The lowest BCUT2D eigenvalue weighted by molar-refractivity contribution is 0.0390. The van der Waals surface area contributed by atoms with Crippen molar-refractivity contribution in [3.8, 4) is 0 Å². The molecule has 0 radical (unpaired) electrons. The molecule has 0 unspecified atom stereocenters. The summed E-state index contributed by atoms with van der Waals surface area (Å²) in [6, 6.07) is 24.1. The third-order valence-electron chi connectivity index (χ3n) is 5.81. The number of hydrogen-bond donors (Lipinski definition) is 0. The lowest BCUT2D eigenvalue weighted by Crippen LogP contribution is -2.36. The smallest absolute Gasteiger partial charge is 0.0594 e. The van der Waals surface area contributed by atoms with Crippen LogP contribution in [0.3, 0.4) is 0 Å². The van der Waals surface area contributed by atoms with E-state index in [4.69, 9.17) is 4.74 Å². The second kappa shape index (κ2) is 7.75. The standard InChI is InChI=1S/C26H25NO/c1-2-6-22-17-20(9-10-21(22)5-1)18-24-19-23(25-7-3-4-8-26(24)25)11-12-27-13-15-28-16-14-27/h1-10,17-19H,11-16H2. The fraction of sp³-hybridized carbons (Fsp3) is 0.231. The molecule has 0 bridgehead atoms. The van der Waals surface area contributed by atoms with Crippen molar-refractivity contribution in [1.29, 1.82) is 0 Å². The first kappa shape index (κ1) is 17.4. The Morgan fingerprint density at radius 1 is 0.821 bits per heavy atom. The summed E-state index contributed by atoms with van der Waals surface area (Å²) >= 11 is 0. The Balaban J connectivity index is 1.44. The molecular weight excluding hydrogens is 342 g/mol. The fourth-order valence-corrected chi connectivity index (χ4v) is 4.26. The highest BCUT2D eigenvalue weighted by Crippen LogP contribution is 2.38. The van der Waals surface area contributed by atoms with E-state index in [2.05, 4.69) is 83.8 Å². The number of fused-ring (bicyclic) bond motifs is 2. The summed E-state index contributed by atoms with van der Waals surface area (Å²) < 4.78 is 5.48. The van der Waals surface area contributed by atoms with Crippen LogP contribution in [-0.4, -0.2) is 37.7 Å². The van der Waals surface area contributed by atoms with Gasteiger partial charge in [-0.25, -0.2) is 0 Å². The molecule has 0 spiro atoms. The number of allylic oxidation sites excluding steroid dienone is 2. The summed E-state index contributed by atoms with van der Waals surface area (Å²) in [5.41, 5.74) is 6.78. The first-order valence-corrected chi connectivity index (χ1v) is 10.2. The van der Waals surface area contributed by atoms with Crippen molar-refractivity contribution >= 4 is 28.0 Å². The topological polar surface area (TPSA) is 12.5 Å². The van der Waals surface area contributed by atoms with Gasteiger partial charge >= 0.3 is 0 Å². The van der Waals surface area contributed by atoms with Crippen LogP contribution in [0.2, 0.25) is 0 Å². The van der Waals surface area contributed by atoms with E-state index in [1.807, 2.05) is 0 Å². The van der Waals surface area contributed by atoms with E-state index in [0.29, 0.717) is 0 Å². The van der Waals surface area contributed by atoms with E-state index in [1.54, 1.807) is 0 Å². The highest BCUT2D eigenvalue weighted by atomic mass is 16.5. The molecule has 3 aromatic rings. The summed E-state index contributed by atoms with van der Waals surface area (Å²) in [7, 11) is 0. The summed E-state index contributed by atoms with van der Waals surface area (Å²) in [4.78, 5) is 2.51. The maximum absolute atomic E-state index is 5.48. The third kappa shape index (κ3) is 3.54. The minimum atomic E-state index is 0.864. The third-order valence-corrected chi connectivity index (χ3v) is 5.81. The second-order valence-corrected chi connectivity index (χ2v) is 7.63. The lowest BCUT2D eigenvalue weighted by atomic mass is 10.0. The number of benzene rings is 3. The van der Waals surface area contributed by atoms with Crippen LogP contribution in [0.4, 0.5) is 0 Å². The molecule has 1 saturated heterocycles. The van der Waals surface area contributed by atoms with Crippen molar-refractivity contribution in [2.45, 2.75) is 6.42 Å². The van der Waals surface area contributed by atoms with Crippen LogP contribution in [-0.2, 0) is 4.74 Å². The van der Waals surface area contributed by atoms with E-state index in [0.717, 1.165) is 39.3 Å². The predicted octanol–water partition coefficient (Wildman–Crippen LogP) is 5.50. The van der Waals surface area contributed by atoms with Gasteiger partial charge in [0.15, 0.2) is 0 Å². The van der Waals surface area contributed by atoms with Gasteiger partial charge in [0.1, 0.15) is 0 Å². The van der Waals surface area contributed by atoms with Crippen molar-refractivity contribution in [1.82, 2.24) is 4.90 Å². The van der Waals surface area contributed by atoms with Crippen molar-refractivity contribution in [3.05, 3.63) is 89.5 Å². The van der Waals surface area contributed by atoms with Crippen LogP contribution in [0.5, 0.6) is 0 Å². The molecule has 5 rings (SSSR count). The Labute approximate surface area is 166 Å². The van der Waals surface area contributed by atoms with Crippen LogP contribution in [0.25, 0.3) is 28.0 Å². The van der Waals surface area contributed by atoms with Crippen molar-refractivity contribution in [3.63, 3.8) is 0 Å². The van der Waals surface area contributed by atoms with Crippen LogP contribution in [0, 0.1) is 0 Å². The average Bonchev–Trinajstić information content (AvgIpc) is 3.10. The molecule has 3 aromatic carbocycles. The molecule has 1 aliphatic heterocycles. The highest BCUT2D eigenvalue weighted by molar-refractivity contribution is 6.02. The van der Waals surface area contributed by atoms with Gasteiger partial charge in [0.25, 0.3) is 0 Å². The maximum Gasteiger partial charge on any atom is 0.0594 e. The van der Waals surface area contributed by atoms with Gasteiger partial charge in [-0.15, -0.1) is 0 Å². The van der Waals surface area contributed by atoms with Gasteiger partial charge in [0, 0.05) is 19.6 Å². The zero-order valence-corrected chi connectivity index (χ0v) is 16.1. The van der Waals surface area contributed by atoms with Gasteiger partial charge in [-0.05, 0) is 57.2 Å².